The maximum atomic E-state index is 8.79. The summed E-state index contributed by atoms with van der Waals surface area (Å²) in [5.74, 6) is 0. The Morgan fingerprint density at radius 3 is 2.89 bits per heavy atom. The molecule has 0 amide bonds. The topological polar surface area (TPSA) is 57.9 Å². The Morgan fingerprint density at radius 2 is 2.21 bits per heavy atom. The predicted molar refractivity (Wildman–Crippen MR) is 73.8 cm³/mol. The van der Waals surface area contributed by atoms with Gasteiger partial charge in [0.25, 0.3) is 0 Å². The van der Waals surface area contributed by atoms with Crippen LogP contribution in [0.3, 0.4) is 0 Å². The van der Waals surface area contributed by atoms with Crippen LogP contribution < -0.4 is 5.32 Å². The average Bonchev–Trinajstić information content (AvgIpc) is 2.98. The van der Waals surface area contributed by atoms with Gasteiger partial charge in [-0.15, -0.1) is 11.3 Å². The first kappa shape index (κ1) is 12.3. The van der Waals surface area contributed by atoms with Crippen LogP contribution in [0.25, 0.3) is 11.3 Å². The number of rotatable bonds is 2. The monoisotopic (exact) mass is 271 g/mol. The normalized spacial score (nSPS) is 19.0. The average molecular weight is 271 g/mol. The Hall–Kier alpha value is -1.74. The molecule has 3 rings (SSSR count). The third-order valence-electron chi connectivity index (χ3n) is 3.03. The lowest BCUT2D eigenvalue weighted by molar-refractivity contribution is 0.0276. The highest BCUT2D eigenvalue weighted by Crippen LogP contribution is 2.27. The number of nitrogens with zero attached hydrogens (tertiary/aromatic N) is 2. The molecule has 1 N–H and O–H groups in total. The van der Waals surface area contributed by atoms with E-state index in [1.54, 1.807) is 11.3 Å². The second-order valence-electron chi connectivity index (χ2n) is 4.32. The maximum absolute atomic E-state index is 8.79. The second-order valence-corrected chi connectivity index (χ2v) is 5.21. The summed E-state index contributed by atoms with van der Waals surface area (Å²) in [6.45, 7) is 2.46. The Labute approximate surface area is 115 Å². The van der Waals surface area contributed by atoms with Crippen molar-refractivity contribution in [1.82, 2.24) is 10.3 Å². The molecule has 0 saturated carbocycles. The molecular formula is C14H13N3OS. The Balaban J connectivity index is 1.81. The number of aromatic nitrogens is 1. The molecule has 5 heteroatoms. The molecule has 1 fully saturated rings. The predicted octanol–water partition coefficient (Wildman–Crippen LogP) is 2.34. The summed E-state index contributed by atoms with van der Waals surface area (Å²) >= 11 is 1.62. The summed E-state index contributed by atoms with van der Waals surface area (Å²) in [5.41, 5.74) is 2.64. The summed E-state index contributed by atoms with van der Waals surface area (Å²) in [4.78, 5) is 4.63. The van der Waals surface area contributed by atoms with Crippen molar-refractivity contribution in [3.05, 3.63) is 40.2 Å². The molecule has 19 heavy (non-hydrogen) atoms. The van der Waals surface area contributed by atoms with E-state index in [-0.39, 0.29) is 6.10 Å². The van der Waals surface area contributed by atoms with Gasteiger partial charge in [-0.05, 0) is 12.1 Å². The maximum Gasteiger partial charge on any atom is 0.124 e. The van der Waals surface area contributed by atoms with Gasteiger partial charge >= 0.3 is 0 Å². The lowest BCUT2D eigenvalue weighted by Crippen LogP contribution is -2.33. The zero-order valence-electron chi connectivity index (χ0n) is 10.3. The third-order valence-corrected chi connectivity index (χ3v) is 3.97. The van der Waals surface area contributed by atoms with E-state index in [0.717, 1.165) is 36.0 Å². The Kier molecular flexibility index (Phi) is 3.56. The summed E-state index contributed by atoms with van der Waals surface area (Å²) < 4.78 is 5.69. The second kappa shape index (κ2) is 5.49. The molecule has 1 saturated heterocycles. The van der Waals surface area contributed by atoms with Crippen molar-refractivity contribution in [3.63, 3.8) is 0 Å². The first-order chi connectivity index (χ1) is 9.36. The first-order valence-corrected chi connectivity index (χ1v) is 7.03. The molecule has 0 aliphatic carbocycles. The summed E-state index contributed by atoms with van der Waals surface area (Å²) in [5, 5.41) is 15.1. The molecule has 1 aromatic heterocycles. The molecule has 96 valence electrons. The fourth-order valence-corrected chi connectivity index (χ4v) is 2.88. The molecule has 1 atom stereocenters. The molecule has 0 radical (unpaired) electrons. The van der Waals surface area contributed by atoms with Crippen LogP contribution in [-0.4, -0.2) is 24.7 Å². The smallest absolute Gasteiger partial charge is 0.124 e. The molecular weight excluding hydrogens is 258 g/mol. The van der Waals surface area contributed by atoms with E-state index < -0.39 is 0 Å². The SMILES string of the molecule is N#Cc1ccc(-c2csc(C3CNCCO3)n2)cc1. The fraction of sp³-hybridized carbons (Fsp3) is 0.286. The highest BCUT2D eigenvalue weighted by Gasteiger charge is 2.19. The van der Waals surface area contributed by atoms with Crippen LogP contribution >= 0.6 is 11.3 Å². The van der Waals surface area contributed by atoms with E-state index in [1.165, 1.54) is 0 Å². The number of hydrogen-bond acceptors (Lipinski definition) is 5. The van der Waals surface area contributed by atoms with Gasteiger partial charge in [0.15, 0.2) is 0 Å². The van der Waals surface area contributed by atoms with Gasteiger partial charge in [0.1, 0.15) is 11.1 Å². The van der Waals surface area contributed by atoms with E-state index in [4.69, 9.17) is 10.00 Å². The van der Waals surface area contributed by atoms with Crippen molar-refractivity contribution >= 4 is 11.3 Å². The minimum Gasteiger partial charge on any atom is -0.368 e. The van der Waals surface area contributed by atoms with E-state index in [1.807, 2.05) is 29.6 Å². The molecule has 2 heterocycles. The fourth-order valence-electron chi connectivity index (χ4n) is 2.01. The van der Waals surface area contributed by atoms with Gasteiger partial charge in [0.2, 0.25) is 0 Å². The molecule has 1 aromatic carbocycles. The molecule has 1 aliphatic rings. The van der Waals surface area contributed by atoms with Crippen molar-refractivity contribution in [2.24, 2.45) is 0 Å². The van der Waals surface area contributed by atoms with Crippen LogP contribution in [0.4, 0.5) is 0 Å². The van der Waals surface area contributed by atoms with Crippen LogP contribution in [0.1, 0.15) is 16.7 Å². The minimum absolute atomic E-state index is 0.0610. The Morgan fingerprint density at radius 1 is 1.37 bits per heavy atom. The van der Waals surface area contributed by atoms with Gasteiger partial charge in [-0.1, -0.05) is 12.1 Å². The van der Waals surface area contributed by atoms with E-state index in [0.29, 0.717) is 5.56 Å². The van der Waals surface area contributed by atoms with Crippen molar-refractivity contribution < 1.29 is 4.74 Å². The van der Waals surface area contributed by atoms with Crippen LogP contribution in [-0.2, 0) is 4.74 Å². The molecule has 1 unspecified atom stereocenters. The first-order valence-electron chi connectivity index (χ1n) is 6.15. The zero-order chi connectivity index (χ0) is 13.1. The molecule has 4 nitrogen and oxygen atoms in total. The number of nitriles is 1. The zero-order valence-corrected chi connectivity index (χ0v) is 11.1. The van der Waals surface area contributed by atoms with Gasteiger partial charge in [-0.25, -0.2) is 4.98 Å². The number of nitrogens with one attached hydrogen (secondary N) is 1. The summed E-state index contributed by atoms with van der Waals surface area (Å²) in [6, 6.07) is 9.60. The standard InChI is InChI=1S/C14H13N3OS/c15-7-10-1-3-11(4-2-10)12-9-19-14(17-12)13-8-16-5-6-18-13/h1-4,9,13,16H,5-6,8H2. The Bertz CT molecular complexity index is 594. The van der Waals surface area contributed by atoms with Gasteiger partial charge in [0, 0.05) is 24.0 Å². The highest BCUT2D eigenvalue weighted by atomic mass is 32.1. The number of ether oxygens (including phenoxy) is 1. The van der Waals surface area contributed by atoms with Gasteiger partial charge < -0.3 is 10.1 Å². The summed E-state index contributed by atoms with van der Waals surface area (Å²) in [7, 11) is 0. The number of thiazole rings is 1. The number of hydrogen-bond donors (Lipinski definition) is 1. The molecule has 0 spiro atoms. The van der Waals surface area contributed by atoms with Gasteiger partial charge in [-0.3, -0.25) is 0 Å². The highest BCUT2D eigenvalue weighted by molar-refractivity contribution is 7.10. The van der Waals surface area contributed by atoms with Crippen LogP contribution in [0.2, 0.25) is 0 Å². The molecule has 0 bridgehead atoms. The van der Waals surface area contributed by atoms with Gasteiger partial charge in [-0.2, -0.15) is 5.26 Å². The summed E-state index contributed by atoms with van der Waals surface area (Å²) in [6.07, 6.45) is 0.0610. The van der Waals surface area contributed by atoms with Crippen molar-refractivity contribution in [2.45, 2.75) is 6.10 Å². The number of benzene rings is 1. The number of morpholine rings is 1. The quantitative estimate of drug-likeness (QED) is 0.911. The minimum atomic E-state index is 0.0610. The largest absolute Gasteiger partial charge is 0.368 e. The molecule has 1 aliphatic heterocycles. The van der Waals surface area contributed by atoms with Crippen molar-refractivity contribution in [1.29, 1.82) is 5.26 Å². The molecule has 2 aromatic rings. The van der Waals surface area contributed by atoms with E-state index in [9.17, 15) is 0 Å². The lowest BCUT2D eigenvalue weighted by Gasteiger charge is -2.21. The van der Waals surface area contributed by atoms with E-state index in [2.05, 4.69) is 16.4 Å². The van der Waals surface area contributed by atoms with Crippen molar-refractivity contribution in [2.75, 3.05) is 19.7 Å². The lowest BCUT2D eigenvalue weighted by atomic mass is 10.1. The van der Waals surface area contributed by atoms with Gasteiger partial charge in [0.05, 0.1) is 23.9 Å². The van der Waals surface area contributed by atoms with Crippen LogP contribution in [0.15, 0.2) is 29.6 Å². The third kappa shape index (κ3) is 2.66. The van der Waals surface area contributed by atoms with Crippen LogP contribution in [0, 0.1) is 11.3 Å². The van der Waals surface area contributed by atoms with E-state index >= 15 is 0 Å². The van der Waals surface area contributed by atoms with Crippen molar-refractivity contribution in [3.8, 4) is 17.3 Å². The van der Waals surface area contributed by atoms with Crippen LogP contribution in [0.5, 0.6) is 0 Å².